The van der Waals surface area contributed by atoms with Gasteiger partial charge in [0.2, 0.25) is 5.88 Å². The molecular weight excluding hydrogens is 228 g/mol. The fraction of sp³-hybridized carbons (Fsp3) is 0.692. The van der Waals surface area contributed by atoms with Crippen LogP contribution in [0.5, 0.6) is 5.88 Å². The van der Waals surface area contributed by atoms with Crippen molar-refractivity contribution in [2.45, 2.75) is 25.2 Å². The second-order valence-electron chi connectivity index (χ2n) is 4.98. The smallest absolute Gasteiger partial charge is 0.218 e. The molecule has 1 fully saturated rings. The van der Waals surface area contributed by atoms with Crippen LogP contribution in [0.1, 0.15) is 31.0 Å². The van der Waals surface area contributed by atoms with Crippen molar-refractivity contribution < 1.29 is 4.74 Å². The Hall–Kier alpha value is -1.36. The van der Waals surface area contributed by atoms with Gasteiger partial charge in [-0.2, -0.15) is 4.98 Å². The maximum absolute atomic E-state index is 5.70. The molecule has 0 spiro atoms. The molecule has 0 aliphatic heterocycles. The maximum atomic E-state index is 5.70. The summed E-state index contributed by atoms with van der Waals surface area (Å²) in [5, 5.41) is 3.06. The lowest BCUT2D eigenvalue weighted by Gasteiger charge is -2.11. The second-order valence-corrected chi connectivity index (χ2v) is 4.98. The molecule has 1 aliphatic rings. The summed E-state index contributed by atoms with van der Waals surface area (Å²) in [5.74, 6) is 3.00. The van der Waals surface area contributed by atoms with Gasteiger partial charge in [0.25, 0.3) is 0 Å². The number of nitrogens with one attached hydrogen (secondary N) is 1. The first-order valence-corrected chi connectivity index (χ1v) is 6.53. The van der Waals surface area contributed by atoms with Crippen LogP contribution in [0, 0.1) is 0 Å². The average Bonchev–Trinajstić information content (AvgIpc) is 3.18. The molecule has 2 rings (SSSR count). The van der Waals surface area contributed by atoms with Crippen LogP contribution >= 0.6 is 0 Å². The fourth-order valence-electron chi connectivity index (χ4n) is 1.73. The average molecular weight is 250 g/mol. The first kappa shape index (κ1) is 13.1. The highest BCUT2D eigenvalue weighted by molar-refractivity contribution is 5.38. The predicted octanol–water partition coefficient (Wildman–Crippen LogP) is 1.73. The summed E-state index contributed by atoms with van der Waals surface area (Å²) in [7, 11) is 6.00. The van der Waals surface area contributed by atoms with E-state index in [0.717, 1.165) is 24.6 Å². The number of ether oxygens (including phenoxy) is 1. The van der Waals surface area contributed by atoms with Gasteiger partial charge in [-0.3, -0.25) is 0 Å². The molecular formula is C13H22N4O. The Bertz CT molecular complexity index is 391. The molecule has 100 valence electrons. The van der Waals surface area contributed by atoms with Crippen molar-refractivity contribution in [1.82, 2.24) is 14.9 Å². The van der Waals surface area contributed by atoms with E-state index in [1.54, 1.807) is 0 Å². The molecule has 0 atom stereocenters. The van der Waals surface area contributed by atoms with Gasteiger partial charge in [-0.15, -0.1) is 0 Å². The summed E-state index contributed by atoms with van der Waals surface area (Å²) in [6, 6.07) is 1.86. The zero-order chi connectivity index (χ0) is 13.0. The summed E-state index contributed by atoms with van der Waals surface area (Å²) in [6.45, 7) is 1.72. The van der Waals surface area contributed by atoms with E-state index in [4.69, 9.17) is 4.74 Å². The van der Waals surface area contributed by atoms with E-state index in [0.29, 0.717) is 18.4 Å². The van der Waals surface area contributed by atoms with E-state index in [1.165, 1.54) is 12.8 Å². The third kappa shape index (κ3) is 3.84. The van der Waals surface area contributed by atoms with Crippen molar-refractivity contribution >= 4 is 5.82 Å². The summed E-state index contributed by atoms with van der Waals surface area (Å²) in [4.78, 5) is 11.1. The highest BCUT2D eigenvalue weighted by atomic mass is 16.5. The molecule has 0 saturated heterocycles. The van der Waals surface area contributed by atoms with Gasteiger partial charge in [0.05, 0.1) is 6.61 Å². The van der Waals surface area contributed by atoms with E-state index >= 15 is 0 Å². The zero-order valence-electron chi connectivity index (χ0n) is 11.4. The van der Waals surface area contributed by atoms with Crippen molar-refractivity contribution in [3.05, 3.63) is 11.9 Å². The summed E-state index contributed by atoms with van der Waals surface area (Å²) in [6.07, 6.45) is 3.41. The Morgan fingerprint density at radius 2 is 2.17 bits per heavy atom. The van der Waals surface area contributed by atoms with Gasteiger partial charge < -0.3 is 15.0 Å². The molecule has 1 saturated carbocycles. The minimum atomic E-state index is 0.544. The highest BCUT2D eigenvalue weighted by Gasteiger charge is 2.27. The summed E-state index contributed by atoms with van der Waals surface area (Å²) in [5.41, 5.74) is 0. The fourth-order valence-corrected chi connectivity index (χ4v) is 1.73. The molecule has 1 heterocycles. The number of hydrogen-bond donors (Lipinski definition) is 1. The summed E-state index contributed by atoms with van der Waals surface area (Å²) >= 11 is 0. The lowest BCUT2D eigenvalue weighted by Crippen LogP contribution is -2.16. The molecule has 18 heavy (non-hydrogen) atoms. The SMILES string of the molecule is CNc1cc(OCCCN(C)C)nc(C2CC2)n1. The zero-order valence-corrected chi connectivity index (χ0v) is 11.4. The van der Waals surface area contributed by atoms with E-state index in [-0.39, 0.29) is 0 Å². The van der Waals surface area contributed by atoms with Gasteiger partial charge in [0.15, 0.2) is 0 Å². The monoisotopic (exact) mass is 250 g/mol. The van der Waals surface area contributed by atoms with Gasteiger partial charge in [0, 0.05) is 25.6 Å². The number of anilines is 1. The minimum absolute atomic E-state index is 0.544. The van der Waals surface area contributed by atoms with Crippen LogP contribution in [0.4, 0.5) is 5.82 Å². The van der Waals surface area contributed by atoms with Crippen molar-refractivity contribution in [3.8, 4) is 5.88 Å². The Balaban J connectivity index is 1.92. The molecule has 0 radical (unpaired) electrons. The third-order valence-electron chi connectivity index (χ3n) is 2.92. The molecule has 0 aromatic carbocycles. The number of hydrogen-bond acceptors (Lipinski definition) is 5. The minimum Gasteiger partial charge on any atom is -0.477 e. The lowest BCUT2D eigenvalue weighted by molar-refractivity contribution is 0.272. The topological polar surface area (TPSA) is 50.3 Å². The normalized spacial score (nSPS) is 14.9. The van der Waals surface area contributed by atoms with Gasteiger partial charge in [0.1, 0.15) is 11.6 Å². The Kier molecular flexibility index (Phi) is 4.36. The number of nitrogens with zero attached hydrogens (tertiary/aromatic N) is 3. The van der Waals surface area contributed by atoms with E-state index < -0.39 is 0 Å². The first-order valence-electron chi connectivity index (χ1n) is 6.53. The van der Waals surface area contributed by atoms with Crippen molar-refractivity contribution in [2.24, 2.45) is 0 Å². The van der Waals surface area contributed by atoms with Crippen LogP contribution in [-0.2, 0) is 0 Å². The standard InChI is InChI=1S/C13H22N4O/c1-14-11-9-12(18-8-4-7-17(2)3)16-13(15-11)10-5-6-10/h9-10H,4-8H2,1-3H3,(H,14,15,16). The molecule has 0 amide bonds. The van der Waals surface area contributed by atoms with Gasteiger partial charge in [-0.25, -0.2) is 4.98 Å². The first-order chi connectivity index (χ1) is 8.69. The van der Waals surface area contributed by atoms with Gasteiger partial charge >= 0.3 is 0 Å². The van der Waals surface area contributed by atoms with Crippen molar-refractivity contribution in [2.75, 3.05) is 39.6 Å². The lowest BCUT2D eigenvalue weighted by atomic mass is 10.4. The van der Waals surface area contributed by atoms with Gasteiger partial charge in [-0.05, 0) is 33.4 Å². The van der Waals surface area contributed by atoms with Crippen molar-refractivity contribution in [3.63, 3.8) is 0 Å². The molecule has 0 unspecified atom stereocenters. The van der Waals surface area contributed by atoms with Crippen LogP contribution in [0.2, 0.25) is 0 Å². The quantitative estimate of drug-likeness (QED) is 0.747. The van der Waals surface area contributed by atoms with E-state index in [9.17, 15) is 0 Å². The molecule has 1 aliphatic carbocycles. The summed E-state index contributed by atoms with van der Waals surface area (Å²) < 4.78 is 5.70. The van der Waals surface area contributed by atoms with E-state index in [2.05, 4.69) is 34.3 Å². The molecule has 5 heteroatoms. The van der Waals surface area contributed by atoms with Crippen LogP contribution in [0.3, 0.4) is 0 Å². The molecule has 1 N–H and O–H groups in total. The molecule has 5 nitrogen and oxygen atoms in total. The Morgan fingerprint density at radius 3 is 2.78 bits per heavy atom. The number of rotatable bonds is 7. The Labute approximate surface area is 109 Å². The Morgan fingerprint density at radius 1 is 1.39 bits per heavy atom. The number of aromatic nitrogens is 2. The van der Waals surface area contributed by atoms with Crippen molar-refractivity contribution in [1.29, 1.82) is 0 Å². The molecule has 1 aromatic rings. The molecule has 1 aromatic heterocycles. The van der Waals surface area contributed by atoms with Crippen LogP contribution < -0.4 is 10.1 Å². The van der Waals surface area contributed by atoms with E-state index in [1.807, 2.05) is 13.1 Å². The highest BCUT2D eigenvalue weighted by Crippen LogP contribution is 2.39. The largest absolute Gasteiger partial charge is 0.477 e. The van der Waals surface area contributed by atoms with Gasteiger partial charge in [-0.1, -0.05) is 0 Å². The maximum Gasteiger partial charge on any atom is 0.218 e. The van der Waals surface area contributed by atoms with Crippen LogP contribution in [0.25, 0.3) is 0 Å². The van der Waals surface area contributed by atoms with Crippen LogP contribution in [0.15, 0.2) is 6.07 Å². The molecule has 0 bridgehead atoms. The third-order valence-corrected chi connectivity index (χ3v) is 2.92. The predicted molar refractivity (Wildman–Crippen MR) is 72.2 cm³/mol. The second kappa shape index (κ2) is 6.00. The van der Waals surface area contributed by atoms with Crippen LogP contribution in [-0.4, -0.2) is 49.2 Å².